The SMILES string of the molecule is CN(C)c1ccc(NC(=O)CNS(=O)(=O)c2ccc(Cl)s2)cc1. The maximum absolute atomic E-state index is 12.0. The van der Waals surface area contributed by atoms with Crippen LogP contribution in [0.25, 0.3) is 0 Å². The number of nitrogens with one attached hydrogen (secondary N) is 2. The molecule has 0 aliphatic heterocycles. The molecule has 23 heavy (non-hydrogen) atoms. The lowest BCUT2D eigenvalue weighted by molar-refractivity contribution is -0.115. The number of amides is 1. The van der Waals surface area contributed by atoms with Crippen molar-refractivity contribution in [3.8, 4) is 0 Å². The molecule has 1 heterocycles. The number of halogens is 1. The van der Waals surface area contributed by atoms with Gasteiger partial charge >= 0.3 is 0 Å². The Hall–Kier alpha value is -1.61. The van der Waals surface area contributed by atoms with Crippen molar-refractivity contribution in [1.82, 2.24) is 4.72 Å². The van der Waals surface area contributed by atoms with E-state index in [1.165, 1.54) is 12.1 Å². The van der Waals surface area contributed by atoms with Crippen LogP contribution >= 0.6 is 22.9 Å². The molecule has 0 aliphatic carbocycles. The molecule has 0 fully saturated rings. The van der Waals surface area contributed by atoms with E-state index in [9.17, 15) is 13.2 Å². The molecule has 2 N–H and O–H groups in total. The normalized spacial score (nSPS) is 11.3. The van der Waals surface area contributed by atoms with Crippen LogP contribution in [0.15, 0.2) is 40.6 Å². The Kier molecular flexibility index (Phi) is 5.64. The van der Waals surface area contributed by atoms with Gasteiger partial charge in [0.15, 0.2) is 0 Å². The van der Waals surface area contributed by atoms with E-state index < -0.39 is 15.9 Å². The highest BCUT2D eigenvalue weighted by Gasteiger charge is 2.17. The van der Waals surface area contributed by atoms with E-state index in [1.54, 1.807) is 12.1 Å². The summed E-state index contributed by atoms with van der Waals surface area (Å²) in [5, 5.41) is 2.63. The van der Waals surface area contributed by atoms with Crippen molar-refractivity contribution in [3.05, 3.63) is 40.7 Å². The quantitative estimate of drug-likeness (QED) is 0.814. The van der Waals surface area contributed by atoms with Gasteiger partial charge in [-0.1, -0.05) is 11.6 Å². The summed E-state index contributed by atoms with van der Waals surface area (Å²) in [7, 11) is 0.104. The third-order valence-corrected chi connectivity index (χ3v) is 6.03. The van der Waals surface area contributed by atoms with E-state index in [2.05, 4.69) is 10.0 Å². The zero-order chi connectivity index (χ0) is 17.0. The molecule has 0 saturated heterocycles. The zero-order valence-corrected chi connectivity index (χ0v) is 14.9. The van der Waals surface area contributed by atoms with Gasteiger partial charge in [0.25, 0.3) is 10.0 Å². The van der Waals surface area contributed by atoms with Gasteiger partial charge in [-0.2, -0.15) is 0 Å². The number of carbonyl (C=O) groups excluding carboxylic acids is 1. The van der Waals surface area contributed by atoms with Crippen LogP contribution in [0, 0.1) is 0 Å². The maximum Gasteiger partial charge on any atom is 0.250 e. The Bertz CT molecular complexity index is 786. The Morgan fingerprint density at radius 3 is 2.35 bits per heavy atom. The first kappa shape index (κ1) is 17.7. The number of anilines is 2. The van der Waals surface area contributed by atoms with Crippen LogP contribution in [0.5, 0.6) is 0 Å². The van der Waals surface area contributed by atoms with Gasteiger partial charge in [-0.05, 0) is 36.4 Å². The predicted octanol–water partition coefficient (Wildman–Crippen LogP) is 2.38. The van der Waals surface area contributed by atoms with Crippen molar-refractivity contribution in [2.45, 2.75) is 4.21 Å². The molecule has 0 saturated carbocycles. The summed E-state index contributed by atoms with van der Waals surface area (Å²) in [6.07, 6.45) is 0. The standard InChI is InChI=1S/C14H16ClN3O3S2/c1-18(2)11-5-3-10(4-6-11)17-13(19)9-16-23(20,21)14-8-7-12(15)22-14/h3-8,16H,9H2,1-2H3,(H,17,19). The molecule has 0 spiro atoms. The Balaban J connectivity index is 1.92. The molecule has 0 radical (unpaired) electrons. The number of nitrogens with zero attached hydrogens (tertiary/aromatic N) is 1. The highest BCUT2D eigenvalue weighted by molar-refractivity contribution is 7.91. The summed E-state index contributed by atoms with van der Waals surface area (Å²) >= 11 is 6.65. The lowest BCUT2D eigenvalue weighted by Gasteiger charge is -2.13. The van der Waals surface area contributed by atoms with Gasteiger partial charge in [-0.25, -0.2) is 13.1 Å². The molecule has 1 aromatic heterocycles. The van der Waals surface area contributed by atoms with Crippen molar-refractivity contribution < 1.29 is 13.2 Å². The molecular formula is C14H16ClN3O3S2. The van der Waals surface area contributed by atoms with E-state index in [0.717, 1.165) is 17.0 Å². The zero-order valence-electron chi connectivity index (χ0n) is 12.5. The lowest BCUT2D eigenvalue weighted by atomic mass is 10.2. The van der Waals surface area contributed by atoms with Crippen LogP contribution in [-0.2, 0) is 14.8 Å². The van der Waals surface area contributed by atoms with Gasteiger partial charge in [0, 0.05) is 25.5 Å². The first-order chi connectivity index (χ1) is 10.8. The molecule has 6 nitrogen and oxygen atoms in total. The molecule has 2 aromatic rings. The van der Waals surface area contributed by atoms with Crippen LogP contribution in [-0.4, -0.2) is 35.0 Å². The summed E-state index contributed by atoms with van der Waals surface area (Å²) in [5.41, 5.74) is 1.59. The number of hydrogen-bond donors (Lipinski definition) is 2. The summed E-state index contributed by atoms with van der Waals surface area (Å²) in [4.78, 5) is 13.8. The maximum atomic E-state index is 12.0. The monoisotopic (exact) mass is 373 g/mol. The summed E-state index contributed by atoms with van der Waals surface area (Å²) in [6, 6.07) is 10.1. The fourth-order valence-corrected chi connectivity index (χ4v) is 4.23. The van der Waals surface area contributed by atoms with Crippen LogP contribution in [0.1, 0.15) is 0 Å². The molecule has 0 bridgehead atoms. The summed E-state index contributed by atoms with van der Waals surface area (Å²) < 4.78 is 26.6. The summed E-state index contributed by atoms with van der Waals surface area (Å²) in [5.74, 6) is -0.450. The second kappa shape index (κ2) is 7.31. The Morgan fingerprint density at radius 2 is 1.83 bits per heavy atom. The fourth-order valence-electron chi connectivity index (χ4n) is 1.72. The van der Waals surface area contributed by atoms with Crippen molar-refractivity contribution in [3.63, 3.8) is 0 Å². The minimum Gasteiger partial charge on any atom is -0.378 e. The minimum atomic E-state index is -3.73. The lowest BCUT2D eigenvalue weighted by Crippen LogP contribution is -2.32. The van der Waals surface area contributed by atoms with Crippen LogP contribution < -0.4 is 14.9 Å². The third-order valence-electron chi connectivity index (χ3n) is 2.90. The van der Waals surface area contributed by atoms with Crippen molar-refractivity contribution in [2.75, 3.05) is 30.9 Å². The van der Waals surface area contributed by atoms with E-state index >= 15 is 0 Å². The number of benzene rings is 1. The van der Waals surface area contributed by atoms with E-state index in [1.807, 2.05) is 31.1 Å². The predicted molar refractivity (Wildman–Crippen MR) is 93.9 cm³/mol. The van der Waals surface area contributed by atoms with Crippen LogP contribution in [0.3, 0.4) is 0 Å². The van der Waals surface area contributed by atoms with Gasteiger partial charge in [0.1, 0.15) is 4.21 Å². The molecule has 0 atom stereocenters. The number of carbonyl (C=O) groups is 1. The molecule has 1 amide bonds. The van der Waals surface area contributed by atoms with Gasteiger partial charge < -0.3 is 10.2 Å². The van der Waals surface area contributed by atoms with E-state index in [4.69, 9.17) is 11.6 Å². The molecule has 1 aromatic carbocycles. The highest BCUT2D eigenvalue weighted by atomic mass is 35.5. The fraction of sp³-hybridized carbons (Fsp3) is 0.214. The smallest absolute Gasteiger partial charge is 0.250 e. The molecule has 0 aliphatic rings. The average molecular weight is 374 g/mol. The first-order valence-electron chi connectivity index (χ1n) is 6.60. The minimum absolute atomic E-state index is 0.0747. The van der Waals surface area contributed by atoms with Crippen molar-refractivity contribution in [2.24, 2.45) is 0 Å². The van der Waals surface area contributed by atoms with Gasteiger partial charge in [0.2, 0.25) is 5.91 Å². The summed E-state index contributed by atoms with van der Waals surface area (Å²) in [6.45, 7) is -0.354. The molecule has 2 rings (SSSR count). The van der Waals surface area contributed by atoms with Crippen molar-refractivity contribution in [1.29, 1.82) is 0 Å². The molecular weight excluding hydrogens is 358 g/mol. The molecule has 124 valence electrons. The number of hydrogen-bond acceptors (Lipinski definition) is 5. The largest absolute Gasteiger partial charge is 0.378 e. The second-order valence-corrected chi connectivity index (χ2v) is 8.58. The highest BCUT2D eigenvalue weighted by Crippen LogP contribution is 2.25. The third kappa shape index (κ3) is 4.93. The first-order valence-corrected chi connectivity index (χ1v) is 9.28. The second-order valence-electron chi connectivity index (χ2n) is 4.87. The van der Waals surface area contributed by atoms with Gasteiger partial charge in [-0.15, -0.1) is 11.3 Å². The van der Waals surface area contributed by atoms with E-state index in [0.29, 0.717) is 10.0 Å². The van der Waals surface area contributed by atoms with Crippen molar-refractivity contribution >= 4 is 50.2 Å². The number of thiophene rings is 1. The van der Waals surface area contributed by atoms with Crippen LogP contribution in [0.2, 0.25) is 4.34 Å². The van der Waals surface area contributed by atoms with Crippen LogP contribution in [0.4, 0.5) is 11.4 Å². The number of sulfonamides is 1. The Labute approximate surface area is 144 Å². The van der Waals surface area contributed by atoms with Gasteiger partial charge in [0.05, 0.1) is 10.9 Å². The van der Waals surface area contributed by atoms with E-state index in [-0.39, 0.29) is 10.8 Å². The topological polar surface area (TPSA) is 78.5 Å². The average Bonchev–Trinajstić information content (AvgIpc) is 2.93. The van der Waals surface area contributed by atoms with Gasteiger partial charge in [-0.3, -0.25) is 4.79 Å². The molecule has 9 heteroatoms. The Morgan fingerprint density at radius 1 is 1.17 bits per heavy atom. The molecule has 0 unspecified atom stereocenters. The number of rotatable bonds is 6.